The molecule has 0 unspecified atom stereocenters. The van der Waals surface area contributed by atoms with Gasteiger partial charge in [-0.3, -0.25) is 9.69 Å². The van der Waals surface area contributed by atoms with Gasteiger partial charge in [0, 0.05) is 31.1 Å². The normalized spacial score (nSPS) is 16.4. The van der Waals surface area contributed by atoms with E-state index in [2.05, 4.69) is 11.0 Å². The molecule has 1 aliphatic heterocycles. The lowest BCUT2D eigenvalue weighted by atomic mass is 10.1. The van der Waals surface area contributed by atoms with E-state index in [0.29, 0.717) is 31.9 Å². The zero-order chi connectivity index (χ0) is 17.6. The molecule has 1 atom stereocenters. The number of nitrogens with zero attached hydrogens (tertiary/aromatic N) is 3. The predicted molar refractivity (Wildman–Crippen MR) is 97.1 cm³/mol. The number of rotatable bonds is 5. The van der Waals surface area contributed by atoms with Gasteiger partial charge in [0.25, 0.3) is 0 Å². The number of thioether (sulfide) groups is 1. The maximum atomic E-state index is 12.4. The number of benzene rings is 1. The molecule has 0 spiro atoms. The second-order valence-electron chi connectivity index (χ2n) is 5.99. The van der Waals surface area contributed by atoms with Crippen molar-refractivity contribution in [1.29, 1.82) is 5.26 Å². The minimum absolute atomic E-state index is 0.137. The fourth-order valence-corrected chi connectivity index (χ4v) is 3.85. The third-order valence-electron chi connectivity index (χ3n) is 4.43. The first-order valence-corrected chi connectivity index (χ1v) is 9.31. The molecule has 0 radical (unpaired) electrons. The molecule has 5 nitrogen and oxygen atoms in total. The molecule has 25 heavy (non-hydrogen) atoms. The van der Waals surface area contributed by atoms with Gasteiger partial charge in [0.05, 0.1) is 18.1 Å². The first kappa shape index (κ1) is 17.6. The molecule has 3 rings (SSSR count). The topological polar surface area (TPSA) is 60.5 Å². The summed E-state index contributed by atoms with van der Waals surface area (Å²) < 4.78 is 5.25. The SMILES string of the molecule is Cc1occc1SCC(=O)N1CCN([C@H](C#N)c2ccccc2)CC1. The van der Waals surface area contributed by atoms with E-state index in [1.54, 1.807) is 6.26 Å². The van der Waals surface area contributed by atoms with Crippen LogP contribution in [-0.4, -0.2) is 47.6 Å². The summed E-state index contributed by atoms with van der Waals surface area (Å²) in [7, 11) is 0. The van der Waals surface area contributed by atoms with E-state index in [4.69, 9.17) is 4.42 Å². The minimum Gasteiger partial charge on any atom is -0.468 e. The number of amides is 1. The van der Waals surface area contributed by atoms with E-state index in [-0.39, 0.29) is 11.9 Å². The number of piperazine rings is 1. The molecule has 1 aromatic heterocycles. The van der Waals surface area contributed by atoms with Gasteiger partial charge in [-0.15, -0.1) is 11.8 Å². The highest BCUT2D eigenvalue weighted by Gasteiger charge is 2.27. The lowest BCUT2D eigenvalue weighted by Gasteiger charge is -2.37. The molecule has 1 amide bonds. The van der Waals surface area contributed by atoms with Gasteiger partial charge in [-0.1, -0.05) is 30.3 Å². The molecule has 6 heteroatoms. The van der Waals surface area contributed by atoms with Crippen LogP contribution in [0.15, 0.2) is 52.0 Å². The molecule has 0 aliphatic carbocycles. The van der Waals surface area contributed by atoms with E-state index in [9.17, 15) is 10.1 Å². The van der Waals surface area contributed by atoms with Crippen molar-refractivity contribution in [3.63, 3.8) is 0 Å². The summed E-state index contributed by atoms with van der Waals surface area (Å²) in [4.78, 5) is 17.5. The number of carbonyl (C=O) groups is 1. The molecule has 0 bridgehead atoms. The Morgan fingerprint density at radius 1 is 1.24 bits per heavy atom. The minimum atomic E-state index is -0.249. The van der Waals surface area contributed by atoms with E-state index in [1.807, 2.05) is 48.2 Å². The van der Waals surface area contributed by atoms with Gasteiger partial charge < -0.3 is 9.32 Å². The van der Waals surface area contributed by atoms with Gasteiger partial charge in [-0.05, 0) is 18.6 Å². The fraction of sp³-hybridized carbons (Fsp3) is 0.368. The summed E-state index contributed by atoms with van der Waals surface area (Å²) in [5.74, 6) is 1.40. The molecule has 1 aromatic carbocycles. The van der Waals surface area contributed by atoms with Gasteiger partial charge >= 0.3 is 0 Å². The van der Waals surface area contributed by atoms with Crippen LogP contribution in [-0.2, 0) is 4.79 Å². The smallest absolute Gasteiger partial charge is 0.233 e. The lowest BCUT2D eigenvalue weighted by molar-refractivity contribution is -0.130. The molecule has 2 heterocycles. The predicted octanol–water partition coefficient (Wildman–Crippen LogP) is 3.09. The Hall–Kier alpha value is -2.23. The van der Waals surface area contributed by atoms with Gasteiger partial charge in [-0.2, -0.15) is 5.26 Å². The van der Waals surface area contributed by atoms with Crippen LogP contribution in [0, 0.1) is 18.3 Å². The highest BCUT2D eigenvalue weighted by atomic mass is 32.2. The number of carbonyl (C=O) groups excluding carboxylic acids is 1. The molecule has 0 N–H and O–H groups in total. The van der Waals surface area contributed by atoms with Crippen LogP contribution in [0.1, 0.15) is 17.4 Å². The molecular formula is C19H21N3O2S. The van der Waals surface area contributed by atoms with E-state index < -0.39 is 0 Å². The van der Waals surface area contributed by atoms with Crippen molar-refractivity contribution in [2.45, 2.75) is 17.9 Å². The lowest BCUT2D eigenvalue weighted by Crippen LogP contribution is -2.50. The molecule has 0 saturated carbocycles. The standard InChI is InChI=1S/C19H21N3O2S/c1-15-18(7-12-24-15)25-14-19(23)22-10-8-21(9-11-22)17(13-20)16-5-3-2-4-6-16/h2-7,12,17H,8-11,14H2,1H3/t17-/m1/s1. The Morgan fingerprint density at radius 2 is 1.96 bits per heavy atom. The second-order valence-corrected chi connectivity index (χ2v) is 7.01. The average Bonchev–Trinajstić information content (AvgIpc) is 3.07. The summed E-state index contributed by atoms with van der Waals surface area (Å²) in [6.45, 7) is 4.66. The summed E-state index contributed by atoms with van der Waals surface area (Å²) in [5, 5.41) is 9.54. The first-order valence-electron chi connectivity index (χ1n) is 8.32. The highest BCUT2D eigenvalue weighted by Crippen LogP contribution is 2.24. The molecule has 1 fully saturated rings. The van der Waals surface area contributed by atoms with Crippen molar-refractivity contribution in [1.82, 2.24) is 9.80 Å². The van der Waals surface area contributed by atoms with Crippen LogP contribution in [0.4, 0.5) is 0 Å². The number of hydrogen-bond donors (Lipinski definition) is 0. The van der Waals surface area contributed by atoms with Crippen molar-refractivity contribution >= 4 is 17.7 Å². The Kier molecular flexibility index (Phi) is 5.79. The van der Waals surface area contributed by atoms with Crippen molar-refractivity contribution in [3.8, 4) is 6.07 Å². The zero-order valence-corrected chi connectivity index (χ0v) is 15.0. The highest BCUT2D eigenvalue weighted by molar-refractivity contribution is 8.00. The van der Waals surface area contributed by atoms with Gasteiger partial charge in [0.1, 0.15) is 11.8 Å². The van der Waals surface area contributed by atoms with Crippen molar-refractivity contribution in [2.24, 2.45) is 0 Å². The third-order valence-corrected chi connectivity index (χ3v) is 5.56. The first-order chi connectivity index (χ1) is 12.2. The van der Waals surface area contributed by atoms with Crippen molar-refractivity contribution in [3.05, 3.63) is 54.0 Å². The Bertz CT molecular complexity index is 746. The van der Waals surface area contributed by atoms with Gasteiger partial charge in [0.15, 0.2) is 0 Å². The van der Waals surface area contributed by atoms with Crippen molar-refractivity contribution < 1.29 is 9.21 Å². The molecule has 2 aromatic rings. The third kappa shape index (κ3) is 4.25. The van der Waals surface area contributed by atoms with Crippen LogP contribution < -0.4 is 0 Å². The number of furan rings is 1. The van der Waals surface area contributed by atoms with Crippen molar-refractivity contribution in [2.75, 3.05) is 31.9 Å². The van der Waals surface area contributed by atoms with E-state index in [1.165, 1.54) is 11.8 Å². The summed E-state index contributed by atoms with van der Waals surface area (Å²) in [6, 6.07) is 13.9. The van der Waals surface area contributed by atoms with Gasteiger partial charge in [0.2, 0.25) is 5.91 Å². The zero-order valence-electron chi connectivity index (χ0n) is 14.2. The van der Waals surface area contributed by atoms with E-state index in [0.717, 1.165) is 16.2 Å². The number of nitriles is 1. The molecule has 130 valence electrons. The molecule has 1 saturated heterocycles. The molecule has 1 aliphatic rings. The van der Waals surface area contributed by atoms with Gasteiger partial charge in [-0.25, -0.2) is 0 Å². The van der Waals surface area contributed by atoms with Crippen LogP contribution >= 0.6 is 11.8 Å². The monoisotopic (exact) mass is 355 g/mol. The fourth-order valence-electron chi connectivity index (χ4n) is 2.99. The quantitative estimate of drug-likeness (QED) is 0.772. The van der Waals surface area contributed by atoms with E-state index >= 15 is 0 Å². The average molecular weight is 355 g/mol. The Morgan fingerprint density at radius 3 is 2.56 bits per heavy atom. The van der Waals surface area contributed by atoms with Crippen LogP contribution in [0.3, 0.4) is 0 Å². The summed E-state index contributed by atoms with van der Waals surface area (Å²) >= 11 is 1.51. The number of aryl methyl sites for hydroxylation is 1. The van der Waals surface area contributed by atoms with Crippen LogP contribution in [0.25, 0.3) is 0 Å². The maximum Gasteiger partial charge on any atom is 0.233 e. The second kappa shape index (κ2) is 8.24. The largest absolute Gasteiger partial charge is 0.468 e. The maximum absolute atomic E-state index is 12.4. The summed E-state index contributed by atoms with van der Waals surface area (Å²) in [6.07, 6.45) is 1.65. The number of hydrogen-bond acceptors (Lipinski definition) is 5. The Labute approximate surface area is 152 Å². The summed E-state index contributed by atoms with van der Waals surface area (Å²) in [5.41, 5.74) is 1.01. The Balaban J connectivity index is 1.52. The molecular weight excluding hydrogens is 334 g/mol. The van der Waals surface area contributed by atoms with Crippen LogP contribution in [0.5, 0.6) is 0 Å². The van der Waals surface area contributed by atoms with Crippen LogP contribution in [0.2, 0.25) is 0 Å².